The van der Waals surface area contributed by atoms with Crippen molar-refractivity contribution in [1.82, 2.24) is 15.6 Å². The van der Waals surface area contributed by atoms with E-state index in [1.807, 2.05) is 35.7 Å². The van der Waals surface area contributed by atoms with Crippen LogP contribution in [0, 0.1) is 0 Å². The summed E-state index contributed by atoms with van der Waals surface area (Å²) in [6.45, 7) is 0.0539. The summed E-state index contributed by atoms with van der Waals surface area (Å²) in [6, 6.07) is 9.08. The molecule has 8 heteroatoms. The van der Waals surface area contributed by atoms with Crippen molar-refractivity contribution in [2.24, 2.45) is 0 Å². The predicted molar refractivity (Wildman–Crippen MR) is 97.9 cm³/mol. The topological polar surface area (TPSA) is 88.2 Å². The third-order valence-corrected chi connectivity index (χ3v) is 6.11. The zero-order valence-electron chi connectivity index (χ0n) is 13.5. The number of carbonyl (C=O) groups excluding carboxylic acids is 1. The van der Waals surface area contributed by atoms with E-state index in [9.17, 15) is 13.2 Å². The van der Waals surface area contributed by atoms with Gasteiger partial charge >= 0.3 is 0 Å². The molecular weight excluding hydrogens is 358 g/mol. The number of carbonyl (C=O) groups is 1. The number of nitrogens with one attached hydrogen (secondary N) is 2. The van der Waals surface area contributed by atoms with E-state index in [-0.39, 0.29) is 30.3 Å². The minimum absolute atomic E-state index is 0.000848. The van der Waals surface area contributed by atoms with Crippen LogP contribution in [0.5, 0.6) is 0 Å². The van der Waals surface area contributed by atoms with Gasteiger partial charge in [-0.25, -0.2) is 8.42 Å². The molecule has 0 aromatic carbocycles. The Hall–Kier alpha value is -2.03. The van der Waals surface area contributed by atoms with Crippen molar-refractivity contribution in [3.63, 3.8) is 0 Å². The quantitative estimate of drug-likeness (QED) is 0.762. The Morgan fingerprint density at radius 2 is 2.20 bits per heavy atom. The fourth-order valence-corrected chi connectivity index (χ4v) is 4.64. The maximum atomic E-state index is 12.3. The molecule has 25 heavy (non-hydrogen) atoms. The predicted octanol–water partition coefficient (Wildman–Crippen LogP) is 1.44. The highest BCUT2D eigenvalue weighted by atomic mass is 32.2. The third kappa shape index (κ3) is 5.22. The zero-order valence-corrected chi connectivity index (χ0v) is 15.1. The normalized spacial score (nSPS) is 19.6. The number of pyridine rings is 1. The Morgan fingerprint density at radius 1 is 1.32 bits per heavy atom. The van der Waals surface area contributed by atoms with Gasteiger partial charge in [-0.15, -0.1) is 11.3 Å². The van der Waals surface area contributed by atoms with Crippen LogP contribution in [0.25, 0.3) is 0 Å². The van der Waals surface area contributed by atoms with E-state index < -0.39 is 9.84 Å². The molecule has 2 aromatic heterocycles. The molecule has 2 atom stereocenters. The van der Waals surface area contributed by atoms with E-state index in [0.29, 0.717) is 6.42 Å². The zero-order chi connectivity index (χ0) is 17.7. The number of nitrogens with zero attached hydrogens (tertiary/aromatic N) is 1. The maximum Gasteiger partial charge on any atom is 0.234 e. The largest absolute Gasteiger partial charge is 0.346 e. The van der Waals surface area contributed by atoms with Gasteiger partial charge in [-0.2, -0.15) is 0 Å². The highest BCUT2D eigenvalue weighted by molar-refractivity contribution is 7.94. The lowest BCUT2D eigenvalue weighted by atomic mass is 10.1. The molecule has 0 radical (unpaired) electrons. The van der Waals surface area contributed by atoms with Gasteiger partial charge in [-0.05, 0) is 23.6 Å². The average molecular weight is 377 g/mol. The minimum atomic E-state index is -3.13. The molecule has 1 aliphatic rings. The van der Waals surface area contributed by atoms with Gasteiger partial charge in [0.2, 0.25) is 5.91 Å². The summed E-state index contributed by atoms with van der Waals surface area (Å²) < 4.78 is 22.8. The van der Waals surface area contributed by atoms with E-state index in [1.165, 1.54) is 5.41 Å². The second kappa shape index (κ2) is 7.90. The standard InChI is InChI=1S/C17H19N3O3S2/c21-17(11-19-13-6-9-25(22,23)12-13)20-16(10-14-4-3-8-24-14)15-5-1-2-7-18-15/h1-9,13,16,19H,10-12H2,(H,20,21)/t13-,16-/m1/s1. The van der Waals surface area contributed by atoms with Gasteiger partial charge in [0.25, 0.3) is 0 Å². The van der Waals surface area contributed by atoms with Crippen molar-refractivity contribution in [2.45, 2.75) is 18.5 Å². The SMILES string of the molecule is O=C(CN[C@@H]1C=CS(=O)(=O)C1)N[C@H](Cc1cccs1)c1ccccn1. The molecule has 132 valence electrons. The number of aromatic nitrogens is 1. The van der Waals surface area contributed by atoms with Crippen LogP contribution in [0.1, 0.15) is 16.6 Å². The van der Waals surface area contributed by atoms with Crippen molar-refractivity contribution in [1.29, 1.82) is 0 Å². The summed E-state index contributed by atoms with van der Waals surface area (Å²) in [5.74, 6) is -0.191. The summed E-state index contributed by atoms with van der Waals surface area (Å²) in [7, 11) is -3.13. The van der Waals surface area contributed by atoms with Crippen LogP contribution in [0.2, 0.25) is 0 Å². The second-order valence-corrected chi connectivity index (χ2v) is 8.77. The van der Waals surface area contributed by atoms with Crippen molar-refractivity contribution in [3.05, 3.63) is 64.0 Å². The summed E-state index contributed by atoms with van der Waals surface area (Å²) >= 11 is 1.64. The fraction of sp³-hybridized carbons (Fsp3) is 0.294. The summed E-state index contributed by atoms with van der Waals surface area (Å²) in [6.07, 6.45) is 3.94. The van der Waals surface area contributed by atoms with Crippen LogP contribution in [0.3, 0.4) is 0 Å². The highest BCUT2D eigenvalue weighted by Gasteiger charge is 2.22. The van der Waals surface area contributed by atoms with E-state index in [2.05, 4.69) is 15.6 Å². The highest BCUT2D eigenvalue weighted by Crippen LogP contribution is 2.19. The third-order valence-electron chi connectivity index (χ3n) is 3.82. The number of hydrogen-bond acceptors (Lipinski definition) is 6. The molecule has 0 fully saturated rings. The van der Waals surface area contributed by atoms with Crippen LogP contribution in [0.15, 0.2) is 53.4 Å². The maximum absolute atomic E-state index is 12.3. The lowest BCUT2D eigenvalue weighted by Gasteiger charge is -2.18. The smallest absolute Gasteiger partial charge is 0.234 e. The number of rotatable bonds is 7. The van der Waals surface area contributed by atoms with Gasteiger partial charge < -0.3 is 10.6 Å². The molecule has 1 aliphatic heterocycles. The molecule has 3 rings (SSSR count). The van der Waals surface area contributed by atoms with Crippen LogP contribution < -0.4 is 10.6 Å². The molecular formula is C17H19N3O3S2. The van der Waals surface area contributed by atoms with Crippen LogP contribution in [-0.2, 0) is 21.1 Å². The van der Waals surface area contributed by atoms with Crippen LogP contribution in [-0.4, -0.2) is 37.6 Å². The average Bonchev–Trinajstić information content (AvgIpc) is 3.22. The summed E-state index contributed by atoms with van der Waals surface area (Å²) in [5, 5.41) is 9.13. The molecule has 0 saturated carbocycles. The van der Waals surface area contributed by atoms with Crippen molar-refractivity contribution < 1.29 is 13.2 Å². The van der Waals surface area contributed by atoms with Gasteiger partial charge in [0.05, 0.1) is 24.0 Å². The lowest BCUT2D eigenvalue weighted by Crippen LogP contribution is -2.41. The molecule has 2 N–H and O–H groups in total. The van der Waals surface area contributed by atoms with Gasteiger partial charge in [0.15, 0.2) is 9.84 Å². The number of hydrogen-bond donors (Lipinski definition) is 2. The molecule has 3 heterocycles. The first kappa shape index (κ1) is 17.8. The van der Waals surface area contributed by atoms with Gasteiger partial charge in [-0.1, -0.05) is 18.2 Å². The Labute approximate surface area is 150 Å². The Balaban J connectivity index is 1.59. The fourth-order valence-electron chi connectivity index (χ4n) is 2.61. The van der Waals surface area contributed by atoms with E-state index >= 15 is 0 Å². The molecule has 2 aromatic rings. The molecule has 0 unspecified atom stereocenters. The van der Waals surface area contributed by atoms with Crippen molar-refractivity contribution >= 4 is 27.1 Å². The van der Waals surface area contributed by atoms with Crippen molar-refractivity contribution in [2.75, 3.05) is 12.3 Å². The monoisotopic (exact) mass is 377 g/mol. The van der Waals surface area contributed by atoms with Crippen LogP contribution in [0.4, 0.5) is 0 Å². The van der Waals surface area contributed by atoms with Gasteiger partial charge in [-0.3, -0.25) is 9.78 Å². The molecule has 0 bridgehead atoms. The molecule has 0 aliphatic carbocycles. The molecule has 0 saturated heterocycles. The number of thiophene rings is 1. The first-order valence-electron chi connectivity index (χ1n) is 7.89. The van der Waals surface area contributed by atoms with Crippen LogP contribution >= 0.6 is 11.3 Å². The first-order chi connectivity index (χ1) is 12.0. The second-order valence-electron chi connectivity index (χ2n) is 5.80. The molecule has 6 nitrogen and oxygen atoms in total. The van der Waals surface area contributed by atoms with Gasteiger partial charge in [0.1, 0.15) is 0 Å². The summed E-state index contributed by atoms with van der Waals surface area (Å²) in [5.41, 5.74) is 0.799. The lowest BCUT2D eigenvalue weighted by molar-refractivity contribution is -0.121. The summed E-state index contributed by atoms with van der Waals surface area (Å²) in [4.78, 5) is 17.8. The minimum Gasteiger partial charge on any atom is -0.346 e. The molecule has 1 amide bonds. The first-order valence-corrected chi connectivity index (χ1v) is 10.5. The van der Waals surface area contributed by atoms with Crippen molar-refractivity contribution in [3.8, 4) is 0 Å². The Morgan fingerprint density at radius 3 is 2.84 bits per heavy atom. The van der Waals surface area contributed by atoms with Gasteiger partial charge in [0, 0.05) is 28.9 Å². The molecule has 0 spiro atoms. The van der Waals surface area contributed by atoms with E-state index in [1.54, 1.807) is 23.6 Å². The van der Waals surface area contributed by atoms with E-state index in [0.717, 1.165) is 10.6 Å². The van der Waals surface area contributed by atoms with E-state index in [4.69, 9.17) is 0 Å². The Bertz CT molecular complexity index is 833. The number of sulfone groups is 1. The number of amides is 1. The Kier molecular flexibility index (Phi) is 5.62.